The van der Waals surface area contributed by atoms with Crippen molar-refractivity contribution in [3.63, 3.8) is 0 Å². The maximum atomic E-state index is 13.8. The fraction of sp³-hybridized carbons (Fsp3) is 0.0417. The van der Waals surface area contributed by atoms with Gasteiger partial charge in [0.25, 0.3) is 17.7 Å². The maximum absolute atomic E-state index is 13.8. The minimum atomic E-state index is -0.600. The van der Waals surface area contributed by atoms with Gasteiger partial charge in [0.2, 0.25) is 0 Å². The van der Waals surface area contributed by atoms with E-state index >= 15 is 0 Å². The van der Waals surface area contributed by atoms with Crippen molar-refractivity contribution in [3.8, 4) is 0 Å². The lowest BCUT2D eigenvalue weighted by molar-refractivity contribution is -0.138. The molecule has 0 fully saturated rings. The zero-order chi connectivity index (χ0) is 22.7. The Morgan fingerprint density at radius 2 is 1.62 bits per heavy atom. The number of nitrogens with one attached hydrogen (secondary N) is 2. The third kappa shape index (κ3) is 4.38. The molecule has 1 heterocycles. The van der Waals surface area contributed by atoms with E-state index in [9.17, 15) is 18.8 Å². The standard InChI is InChI=1S/C24H17ClFN3O3/c25-20-21(24(32)29(23(20)31)14-15-7-2-1-3-8-15)27-17-10-6-9-16(13-17)22(30)28-19-12-5-4-11-18(19)26/h1-13,27H,14H2,(H,28,30). The Morgan fingerprint density at radius 3 is 2.38 bits per heavy atom. The monoisotopic (exact) mass is 449 g/mol. The number of halogens is 2. The van der Waals surface area contributed by atoms with Gasteiger partial charge in [-0.3, -0.25) is 19.3 Å². The van der Waals surface area contributed by atoms with Crippen molar-refractivity contribution < 1.29 is 18.8 Å². The third-order valence-corrected chi connectivity index (χ3v) is 5.16. The lowest BCUT2D eigenvalue weighted by Gasteiger charge is -2.15. The van der Waals surface area contributed by atoms with Gasteiger partial charge >= 0.3 is 0 Å². The van der Waals surface area contributed by atoms with Gasteiger partial charge in [-0.05, 0) is 35.9 Å². The fourth-order valence-corrected chi connectivity index (χ4v) is 3.43. The number of anilines is 2. The molecular formula is C24H17ClFN3O3. The first-order valence-electron chi connectivity index (χ1n) is 9.67. The Labute approximate surface area is 188 Å². The molecule has 3 aromatic rings. The summed E-state index contributed by atoms with van der Waals surface area (Å²) in [6, 6.07) is 21.1. The van der Waals surface area contributed by atoms with E-state index in [0.29, 0.717) is 5.69 Å². The number of hydrogen-bond acceptors (Lipinski definition) is 4. The number of hydrogen-bond donors (Lipinski definition) is 2. The average molecular weight is 450 g/mol. The molecule has 0 bridgehead atoms. The van der Waals surface area contributed by atoms with Crippen LogP contribution in [0.3, 0.4) is 0 Å². The summed E-state index contributed by atoms with van der Waals surface area (Å²) in [7, 11) is 0. The van der Waals surface area contributed by atoms with E-state index in [-0.39, 0.29) is 28.5 Å². The normalized spacial score (nSPS) is 13.5. The Morgan fingerprint density at radius 1 is 0.906 bits per heavy atom. The minimum absolute atomic E-state index is 0.0507. The first kappa shape index (κ1) is 21.3. The molecule has 8 heteroatoms. The second-order valence-electron chi connectivity index (χ2n) is 7.01. The van der Waals surface area contributed by atoms with Crippen molar-refractivity contribution in [1.82, 2.24) is 4.90 Å². The van der Waals surface area contributed by atoms with Crippen LogP contribution in [0.25, 0.3) is 0 Å². The number of amides is 3. The van der Waals surface area contributed by atoms with Crippen molar-refractivity contribution in [1.29, 1.82) is 0 Å². The molecule has 0 unspecified atom stereocenters. The summed E-state index contributed by atoms with van der Waals surface area (Å²) < 4.78 is 13.8. The summed E-state index contributed by atoms with van der Waals surface area (Å²) in [6.07, 6.45) is 0. The first-order valence-corrected chi connectivity index (χ1v) is 10.0. The van der Waals surface area contributed by atoms with Gasteiger partial charge in [0, 0.05) is 11.3 Å². The van der Waals surface area contributed by atoms with Crippen LogP contribution in [0.15, 0.2) is 89.6 Å². The average Bonchev–Trinajstić information content (AvgIpc) is 3.00. The van der Waals surface area contributed by atoms with Crippen LogP contribution in [-0.2, 0) is 16.1 Å². The molecular weight excluding hydrogens is 433 g/mol. The molecule has 160 valence electrons. The number of nitrogens with zero attached hydrogens (tertiary/aromatic N) is 1. The van der Waals surface area contributed by atoms with Crippen LogP contribution >= 0.6 is 11.6 Å². The van der Waals surface area contributed by atoms with Gasteiger partial charge in [0.15, 0.2) is 0 Å². The summed E-state index contributed by atoms with van der Waals surface area (Å²) in [5.74, 6) is -2.25. The largest absolute Gasteiger partial charge is 0.350 e. The van der Waals surface area contributed by atoms with E-state index in [2.05, 4.69) is 10.6 Å². The molecule has 4 rings (SSSR count). The minimum Gasteiger partial charge on any atom is -0.350 e. The van der Waals surface area contributed by atoms with Crippen molar-refractivity contribution in [2.75, 3.05) is 10.6 Å². The number of para-hydroxylation sites is 1. The zero-order valence-electron chi connectivity index (χ0n) is 16.6. The van der Waals surface area contributed by atoms with E-state index in [1.807, 2.05) is 18.2 Å². The summed E-state index contributed by atoms with van der Waals surface area (Å²) in [6.45, 7) is 0.0883. The zero-order valence-corrected chi connectivity index (χ0v) is 17.4. The molecule has 1 aliphatic rings. The highest BCUT2D eigenvalue weighted by molar-refractivity contribution is 6.48. The molecule has 32 heavy (non-hydrogen) atoms. The molecule has 0 saturated heterocycles. The van der Waals surface area contributed by atoms with Crippen LogP contribution in [0, 0.1) is 5.82 Å². The quantitative estimate of drug-likeness (QED) is 0.543. The number of carbonyl (C=O) groups excluding carboxylic acids is 3. The van der Waals surface area contributed by atoms with Gasteiger partial charge in [-0.2, -0.15) is 0 Å². The van der Waals surface area contributed by atoms with Crippen molar-refractivity contribution in [2.45, 2.75) is 6.54 Å². The van der Waals surface area contributed by atoms with E-state index in [0.717, 1.165) is 10.5 Å². The van der Waals surface area contributed by atoms with Crippen molar-refractivity contribution >= 4 is 40.7 Å². The van der Waals surface area contributed by atoms with Crippen LogP contribution in [0.1, 0.15) is 15.9 Å². The Hall–Kier alpha value is -3.97. The highest BCUT2D eigenvalue weighted by Crippen LogP contribution is 2.27. The van der Waals surface area contributed by atoms with Gasteiger partial charge in [0.05, 0.1) is 12.2 Å². The van der Waals surface area contributed by atoms with Crippen LogP contribution in [0.4, 0.5) is 15.8 Å². The molecule has 6 nitrogen and oxygen atoms in total. The molecule has 2 N–H and O–H groups in total. The lowest BCUT2D eigenvalue weighted by atomic mass is 10.1. The van der Waals surface area contributed by atoms with E-state index < -0.39 is 23.5 Å². The molecule has 0 spiro atoms. The molecule has 0 aliphatic carbocycles. The van der Waals surface area contributed by atoms with Crippen LogP contribution in [-0.4, -0.2) is 22.6 Å². The molecule has 0 atom stereocenters. The van der Waals surface area contributed by atoms with E-state index in [1.165, 1.54) is 24.3 Å². The fourth-order valence-electron chi connectivity index (χ4n) is 3.20. The molecule has 1 aliphatic heterocycles. The number of benzene rings is 3. The highest BCUT2D eigenvalue weighted by atomic mass is 35.5. The van der Waals surface area contributed by atoms with Gasteiger partial charge < -0.3 is 10.6 Å². The van der Waals surface area contributed by atoms with Gasteiger partial charge in [-0.1, -0.05) is 60.1 Å². The van der Waals surface area contributed by atoms with Crippen LogP contribution in [0.2, 0.25) is 0 Å². The molecule has 0 aromatic heterocycles. The molecule has 0 radical (unpaired) electrons. The van der Waals surface area contributed by atoms with Gasteiger partial charge in [0.1, 0.15) is 16.5 Å². The second kappa shape index (κ2) is 9.03. The Kier molecular flexibility index (Phi) is 6.00. The van der Waals surface area contributed by atoms with Crippen LogP contribution < -0.4 is 10.6 Å². The summed E-state index contributed by atoms with van der Waals surface area (Å²) >= 11 is 6.15. The van der Waals surface area contributed by atoms with Crippen molar-refractivity contribution in [3.05, 3.63) is 107 Å². The predicted octanol–water partition coefficient (Wildman–Crippen LogP) is 4.51. The molecule has 3 aromatic carbocycles. The van der Waals surface area contributed by atoms with E-state index in [4.69, 9.17) is 11.6 Å². The summed E-state index contributed by atoms with van der Waals surface area (Å²) in [5, 5.41) is 5.11. The van der Waals surface area contributed by atoms with Crippen LogP contribution in [0.5, 0.6) is 0 Å². The van der Waals surface area contributed by atoms with Gasteiger partial charge in [-0.25, -0.2) is 4.39 Å². The summed E-state index contributed by atoms with van der Waals surface area (Å²) in [4.78, 5) is 38.9. The van der Waals surface area contributed by atoms with E-state index in [1.54, 1.807) is 36.4 Å². The SMILES string of the molecule is O=C(Nc1ccccc1F)c1cccc(NC2=C(Cl)C(=O)N(Cc3ccccc3)C2=O)c1. The second-order valence-corrected chi connectivity index (χ2v) is 7.39. The predicted molar refractivity (Wildman–Crippen MR) is 119 cm³/mol. The summed E-state index contributed by atoms with van der Waals surface area (Å²) in [5.41, 5.74) is 1.37. The Balaban J connectivity index is 1.50. The molecule has 3 amide bonds. The topological polar surface area (TPSA) is 78.5 Å². The molecule has 0 saturated carbocycles. The first-order chi connectivity index (χ1) is 15.4. The lowest BCUT2D eigenvalue weighted by Crippen LogP contribution is -2.31. The number of carbonyl (C=O) groups is 3. The van der Waals surface area contributed by atoms with Gasteiger partial charge in [-0.15, -0.1) is 0 Å². The third-order valence-electron chi connectivity index (χ3n) is 4.81. The number of rotatable bonds is 6. The Bertz CT molecular complexity index is 1240. The maximum Gasteiger partial charge on any atom is 0.279 e. The number of imide groups is 1. The van der Waals surface area contributed by atoms with Crippen molar-refractivity contribution in [2.24, 2.45) is 0 Å². The smallest absolute Gasteiger partial charge is 0.279 e. The highest BCUT2D eigenvalue weighted by Gasteiger charge is 2.37.